The number of benzene rings is 2. The molecule has 37 heavy (non-hydrogen) atoms. The fourth-order valence-corrected chi connectivity index (χ4v) is 5.07. The predicted molar refractivity (Wildman–Crippen MR) is 146 cm³/mol. The van der Waals surface area contributed by atoms with Gasteiger partial charge in [0.15, 0.2) is 5.82 Å². The fraction of sp³-hybridized carbons (Fsp3) is 0.241. The van der Waals surface area contributed by atoms with Crippen molar-refractivity contribution in [2.24, 2.45) is 0 Å². The van der Waals surface area contributed by atoms with Crippen molar-refractivity contribution >= 4 is 29.0 Å². The van der Waals surface area contributed by atoms with Crippen LogP contribution in [0.25, 0.3) is 11.3 Å². The molecular weight excluding hydrogens is 482 g/mol. The zero-order valence-electron chi connectivity index (χ0n) is 20.8. The van der Waals surface area contributed by atoms with Crippen LogP contribution in [-0.4, -0.2) is 64.5 Å². The summed E-state index contributed by atoms with van der Waals surface area (Å²) in [5, 5.41) is 10.7. The summed E-state index contributed by atoms with van der Waals surface area (Å²) in [6, 6.07) is 25.7. The second-order valence-electron chi connectivity index (χ2n) is 9.13. The number of anilines is 1. The van der Waals surface area contributed by atoms with Crippen molar-refractivity contribution in [1.29, 1.82) is 0 Å². The van der Waals surface area contributed by atoms with Crippen LogP contribution in [-0.2, 0) is 11.3 Å². The van der Waals surface area contributed by atoms with E-state index < -0.39 is 0 Å². The van der Waals surface area contributed by atoms with Crippen molar-refractivity contribution in [3.63, 3.8) is 0 Å². The second-order valence-corrected chi connectivity index (χ2v) is 10.1. The Morgan fingerprint density at radius 2 is 1.62 bits per heavy atom. The number of hydrogen-bond donors (Lipinski definition) is 0. The number of carbonyl (C=O) groups excluding carboxylic acids is 2. The number of carbonyl (C=O) groups is 2. The maximum atomic E-state index is 13.2. The minimum Gasteiger partial charge on any atom is -0.352 e. The molecule has 8 heteroatoms. The van der Waals surface area contributed by atoms with Gasteiger partial charge in [0.25, 0.3) is 5.91 Å². The van der Waals surface area contributed by atoms with Crippen molar-refractivity contribution in [2.75, 3.05) is 37.6 Å². The largest absolute Gasteiger partial charge is 0.352 e. The third-order valence-corrected chi connectivity index (χ3v) is 7.37. The van der Waals surface area contributed by atoms with Crippen LogP contribution < -0.4 is 4.90 Å². The van der Waals surface area contributed by atoms with Gasteiger partial charge in [0.2, 0.25) is 5.91 Å². The summed E-state index contributed by atoms with van der Waals surface area (Å²) >= 11 is 1.39. The number of aromatic nitrogens is 2. The van der Waals surface area contributed by atoms with Crippen molar-refractivity contribution in [3.05, 3.63) is 100 Å². The standard InChI is InChI=1S/C29H29N5O2S/c1-22-9-11-24(12-10-22)25-13-14-27(31-30-25)32-15-17-33(18-16-32)28(35)21-34(20-23-6-3-2-4-7-23)29(36)26-8-5-19-37-26/h2-14,19H,15-18,20-21H2,1H3. The molecule has 0 saturated carbocycles. The average molecular weight is 512 g/mol. The molecule has 0 unspecified atom stereocenters. The maximum absolute atomic E-state index is 13.2. The molecule has 4 aromatic rings. The third-order valence-electron chi connectivity index (χ3n) is 6.52. The lowest BCUT2D eigenvalue weighted by atomic mass is 10.1. The number of amides is 2. The van der Waals surface area contributed by atoms with Gasteiger partial charge in [0, 0.05) is 38.3 Å². The van der Waals surface area contributed by atoms with Gasteiger partial charge in [-0.15, -0.1) is 21.5 Å². The smallest absolute Gasteiger partial charge is 0.264 e. The number of piperazine rings is 1. The van der Waals surface area contributed by atoms with Gasteiger partial charge in [-0.2, -0.15) is 0 Å². The van der Waals surface area contributed by atoms with Crippen molar-refractivity contribution in [2.45, 2.75) is 13.5 Å². The molecule has 188 valence electrons. The van der Waals surface area contributed by atoms with E-state index in [1.165, 1.54) is 16.9 Å². The molecule has 0 radical (unpaired) electrons. The predicted octanol–water partition coefficient (Wildman–Crippen LogP) is 4.50. The van der Waals surface area contributed by atoms with E-state index in [1.54, 1.807) is 11.0 Å². The van der Waals surface area contributed by atoms with Gasteiger partial charge in [-0.1, -0.05) is 66.2 Å². The van der Waals surface area contributed by atoms with Gasteiger partial charge in [-0.3, -0.25) is 9.59 Å². The zero-order valence-corrected chi connectivity index (χ0v) is 21.6. The van der Waals surface area contributed by atoms with Crippen LogP contribution in [0, 0.1) is 6.92 Å². The van der Waals surface area contributed by atoms with E-state index in [4.69, 9.17) is 0 Å². The van der Waals surface area contributed by atoms with E-state index in [2.05, 4.69) is 34.2 Å². The summed E-state index contributed by atoms with van der Waals surface area (Å²) < 4.78 is 0. The van der Waals surface area contributed by atoms with Crippen LogP contribution in [0.3, 0.4) is 0 Å². The van der Waals surface area contributed by atoms with Crippen molar-refractivity contribution in [1.82, 2.24) is 20.0 Å². The molecule has 0 spiro atoms. The van der Waals surface area contributed by atoms with Gasteiger partial charge < -0.3 is 14.7 Å². The Balaban J connectivity index is 1.20. The Labute approximate surface area is 221 Å². The molecule has 1 fully saturated rings. The summed E-state index contributed by atoms with van der Waals surface area (Å²) in [7, 11) is 0. The van der Waals surface area contributed by atoms with E-state index in [-0.39, 0.29) is 18.4 Å². The third kappa shape index (κ3) is 6.03. The van der Waals surface area contributed by atoms with E-state index in [9.17, 15) is 9.59 Å². The summed E-state index contributed by atoms with van der Waals surface area (Å²) in [4.78, 5) is 32.7. The molecule has 0 N–H and O–H groups in total. The second kappa shape index (κ2) is 11.3. The minimum absolute atomic E-state index is 0.0405. The molecular formula is C29H29N5O2S. The van der Waals surface area contributed by atoms with E-state index in [1.807, 2.05) is 70.9 Å². The van der Waals surface area contributed by atoms with Crippen LogP contribution in [0.2, 0.25) is 0 Å². The van der Waals surface area contributed by atoms with E-state index >= 15 is 0 Å². The maximum Gasteiger partial charge on any atom is 0.264 e. The Morgan fingerprint density at radius 1 is 0.865 bits per heavy atom. The lowest BCUT2D eigenvalue weighted by Crippen LogP contribution is -2.52. The number of hydrogen-bond acceptors (Lipinski definition) is 6. The van der Waals surface area contributed by atoms with Gasteiger partial charge in [-0.25, -0.2) is 0 Å². The fourth-order valence-electron chi connectivity index (χ4n) is 4.38. The van der Waals surface area contributed by atoms with Gasteiger partial charge >= 0.3 is 0 Å². The summed E-state index contributed by atoms with van der Waals surface area (Å²) in [6.45, 7) is 5.00. The first-order valence-electron chi connectivity index (χ1n) is 12.4. The molecule has 0 atom stereocenters. The highest BCUT2D eigenvalue weighted by Crippen LogP contribution is 2.20. The lowest BCUT2D eigenvalue weighted by Gasteiger charge is -2.36. The Kier molecular flexibility index (Phi) is 7.56. The highest BCUT2D eigenvalue weighted by Gasteiger charge is 2.26. The molecule has 2 aromatic carbocycles. The Morgan fingerprint density at radius 3 is 2.27 bits per heavy atom. The molecule has 2 amide bonds. The zero-order chi connectivity index (χ0) is 25.6. The minimum atomic E-state index is -0.116. The highest BCUT2D eigenvalue weighted by atomic mass is 32.1. The Bertz CT molecular complexity index is 1320. The van der Waals surface area contributed by atoms with E-state index in [0.29, 0.717) is 37.6 Å². The van der Waals surface area contributed by atoms with Crippen molar-refractivity contribution in [3.8, 4) is 11.3 Å². The van der Waals surface area contributed by atoms with E-state index in [0.717, 1.165) is 22.6 Å². The lowest BCUT2D eigenvalue weighted by molar-refractivity contribution is -0.132. The summed E-state index contributed by atoms with van der Waals surface area (Å²) in [5.41, 5.74) is 4.08. The molecule has 7 nitrogen and oxygen atoms in total. The molecule has 2 aromatic heterocycles. The first-order valence-corrected chi connectivity index (χ1v) is 13.2. The summed E-state index contributed by atoms with van der Waals surface area (Å²) in [5.74, 6) is 0.651. The van der Waals surface area contributed by atoms with Gasteiger partial charge in [0.1, 0.15) is 6.54 Å². The first-order chi connectivity index (χ1) is 18.1. The number of thiophene rings is 1. The molecule has 5 rings (SSSR count). The van der Waals surface area contributed by atoms with Gasteiger partial charge in [0.05, 0.1) is 10.6 Å². The monoisotopic (exact) mass is 511 g/mol. The molecule has 0 bridgehead atoms. The molecule has 1 aliphatic heterocycles. The SMILES string of the molecule is Cc1ccc(-c2ccc(N3CCN(C(=O)CN(Cc4ccccc4)C(=O)c4cccs4)CC3)nn2)cc1. The highest BCUT2D eigenvalue weighted by molar-refractivity contribution is 7.12. The topological polar surface area (TPSA) is 69.6 Å². The van der Waals surface area contributed by atoms with Crippen LogP contribution in [0.1, 0.15) is 20.8 Å². The number of nitrogens with zero attached hydrogens (tertiary/aromatic N) is 5. The average Bonchev–Trinajstić information content (AvgIpc) is 3.49. The first kappa shape index (κ1) is 24.6. The van der Waals surface area contributed by atoms with Gasteiger partial charge in [-0.05, 0) is 36.1 Å². The number of aryl methyl sites for hydroxylation is 1. The Hall–Kier alpha value is -4.04. The normalized spacial score (nSPS) is 13.4. The number of rotatable bonds is 7. The quantitative estimate of drug-likeness (QED) is 0.365. The van der Waals surface area contributed by atoms with Crippen LogP contribution in [0.4, 0.5) is 5.82 Å². The summed E-state index contributed by atoms with van der Waals surface area (Å²) in [6.07, 6.45) is 0. The molecule has 1 saturated heterocycles. The van der Waals surface area contributed by atoms with Crippen LogP contribution in [0.5, 0.6) is 0 Å². The molecule has 0 aliphatic carbocycles. The molecule has 3 heterocycles. The van der Waals surface area contributed by atoms with Crippen LogP contribution >= 0.6 is 11.3 Å². The van der Waals surface area contributed by atoms with Crippen molar-refractivity contribution < 1.29 is 9.59 Å². The molecule has 1 aliphatic rings. The van der Waals surface area contributed by atoms with Crippen LogP contribution in [0.15, 0.2) is 84.2 Å².